The smallest absolute Gasteiger partial charge is 0.259 e. The molecule has 1 aromatic carbocycles. The van der Waals surface area contributed by atoms with Crippen LogP contribution in [0.15, 0.2) is 29.1 Å². The lowest BCUT2D eigenvalue weighted by atomic mass is 10.1. The number of fused-ring (bicyclic) bond motifs is 1. The van der Waals surface area contributed by atoms with E-state index in [1.807, 2.05) is 45.0 Å². The number of amides is 1. The average molecular weight is 416 g/mol. The molecular formula is C21H25N3O2S2. The Bertz CT molecular complexity index is 1040. The van der Waals surface area contributed by atoms with Crippen molar-refractivity contribution in [3.8, 4) is 0 Å². The van der Waals surface area contributed by atoms with Gasteiger partial charge in [-0.15, -0.1) is 23.1 Å². The Morgan fingerprint density at radius 3 is 2.68 bits per heavy atom. The summed E-state index contributed by atoms with van der Waals surface area (Å²) in [6, 6.07) is 7.97. The number of carbonyl (C=O) groups excluding carboxylic acids is 1. The van der Waals surface area contributed by atoms with Crippen molar-refractivity contribution in [2.75, 3.05) is 5.32 Å². The Balaban J connectivity index is 1.61. The number of aromatic amines is 1. The molecule has 2 aromatic heterocycles. The molecule has 5 nitrogen and oxygen atoms in total. The standard InChI is InChI=1S/C21H25N3O2S2/c1-5-6-15-7-9-16(10-8-15)22-19(25)14(4)27-11-17-23-20(26)18-12(2)13(3)28-21(18)24-17/h7-10,14H,5-6,11H2,1-4H3,(H,22,25)(H,23,24,26). The molecule has 3 rings (SSSR count). The van der Waals surface area contributed by atoms with E-state index in [9.17, 15) is 9.59 Å². The van der Waals surface area contributed by atoms with Crippen LogP contribution in [0, 0.1) is 13.8 Å². The minimum absolute atomic E-state index is 0.0560. The van der Waals surface area contributed by atoms with E-state index in [1.165, 1.54) is 28.7 Å². The first-order chi connectivity index (χ1) is 13.4. The van der Waals surface area contributed by atoms with Gasteiger partial charge in [0.2, 0.25) is 5.91 Å². The molecule has 0 saturated carbocycles. The lowest BCUT2D eigenvalue weighted by Gasteiger charge is -2.12. The maximum Gasteiger partial charge on any atom is 0.259 e. The maximum absolute atomic E-state index is 12.4. The van der Waals surface area contributed by atoms with Gasteiger partial charge < -0.3 is 10.3 Å². The summed E-state index contributed by atoms with van der Waals surface area (Å²) < 4.78 is 0. The number of benzene rings is 1. The number of thiophene rings is 1. The van der Waals surface area contributed by atoms with Crippen molar-refractivity contribution in [3.05, 3.63) is 56.4 Å². The first-order valence-corrected chi connectivity index (χ1v) is 11.3. The normalized spacial score (nSPS) is 12.3. The topological polar surface area (TPSA) is 74.8 Å². The second-order valence-corrected chi connectivity index (χ2v) is 9.40. The number of aromatic nitrogens is 2. The van der Waals surface area contributed by atoms with Crippen LogP contribution in [0.25, 0.3) is 10.2 Å². The van der Waals surface area contributed by atoms with E-state index in [-0.39, 0.29) is 16.7 Å². The Morgan fingerprint density at radius 1 is 1.29 bits per heavy atom. The highest BCUT2D eigenvalue weighted by molar-refractivity contribution is 7.99. The summed E-state index contributed by atoms with van der Waals surface area (Å²) in [7, 11) is 0. The summed E-state index contributed by atoms with van der Waals surface area (Å²) in [5, 5.41) is 3.36. The number of thioether (sulfide) groups is 1. The van der Waals surface area contributed by atoms with Crippen molar-refractivity contribution in [3.63, 3.8) is 0 Å². The molecule has 0 saturated heterocycles. The van der Waals surface area contributed by atoms with Crippen LogP contribution >= 0.6 is 23.1 Å². The van der Waals surface area contributed by atoms with Crippen LogP contribution < -0.4 is 10.9 Å². The molecule has 0 bridgehead atoms. The Hall–Kier alpha value is -2.12. The van der Waals surface area contributed by atoms with E-state index in [0.29, 0.717) is 17.0 Å². The summed E-state index contributed by atoms with van der Waals surface area (Å²) in [6.45, 7) is 7.95. The molecule has 2 N–H and O–H groups in total. The maximum atomic E-state index is 12.4. The van der Waals surface area contributed by atoms with Gasteiger partial charge in [0, 0.05) is 10.6 Å². The summed E-state index contributed by atoms with van der Waals surface area (Å²) in [5.74, 6) is 1.03. The van der Waals surface area contributed by atoms with Crippen molar-refractivity contribution in [2.24, 2.45) is 0 Å². The number of anilines is 1. The fourth-order valence-electron chi connectivity index (χ4n) is 2.93. The lowest BCUT2D eigenvalue weighted by molar-refractivity contribution is -0.115. The number of nitrogens with zero attached hydrogens (tertiary/aromatic N) is 1. The monoisotopic (exact) mass is 415 g/mol. The number of rotatable bonds is 7. The largest absolute Gasteiger partial charge is 0.325 e. The van der Waals surface area contributed by atoms with Crippen LogP contribution in [0.2, 0.25) is 0 Å². The van der Waals surface area contributed by atoms with Gasteiger partial charge >= 0.3 is 0 Å². The summed E-state index contributed by atoms with van der Waals surface area (Å²) in [5.41, 5.74) is 2.96. The van der Waals surface area contributed by atoms with Crippen LogP contribution in [0.5, 0.6) is 0 Å². The minimum atomic E-state index is -0.261. The van der Waals surface area contributed by atoms with Gasteiger partial charge in [0.15, 0.2) is 0 Å². The van der Waals surface area contributed by atoms with Crippen LogP contribution in [-0.4, -0.2) is 21.1 Å². The number of hydrogen-bond donors (Lipinski definition) is 2. The molecule has 1 atom stereocenters. The quantitative estimate of drug-likeness (QED) is 0.580. The molecule has 2 heterocycles. The summed E-state index contributed by atoms with van der Waals surface area (Å²) >= 11 is 2.99. The van der Waals surface area contributed by atoms with Gasteiger partial charge in [-0.2, -0.15) is 0 Å². The van der Waals surface area contributed by atoms with Gasteiger partial charge in [-0.1, -0.05) is 25.5 Å². The van der Waals surface area contributed by atoms with Crippen molar-refractivity contribution in [1.82, 2.24) is 9.97 Å². The molecule has 3 aromatic rings. The summed E-state index contributed by atoms with van der Waals surface area (Å²) in [4.78, 5) is 34.1. The number of aryl methyl sites for hydroxylation is 3. The fourth-order valence-corrected chi connectivity index (χ4v) is 4.74. The summed E-state index contributed by atoms with van der Waals surface area (Å²) in [6.07, 6.45) is 2.14. The second kappa shape index (κ2) is 8.92. The van der Waals surface area contributed by atoms with Gasteiger partial charge in [-0.25, -0.2) is 4.98 Å². The predicted molar refractivity (Wildman–Crippen MR) is 120 cm³/mol. The molecule has 148 valence electrons. The van der Waals surface area contributed by atoms with E-state index in [2.05, 4.69) is 22.2 Å². The van der Waals surface area contributed by atoms with Crippen LogP contribution in [0.3, 0.4) is 0 Å². The minimum Gasteiger partial charge on any atom is -0.325 e. The average Bonchev–Trinajstić information content (AvgIpc) is 2.95. The first kappa shape index (κ1) is 20.6. The van der Waals surface area contributed by atoms with Crippen LogP contribution in [0.1, 0.15) is 42.1 Å². The third-order valence-corrected chi connectivity index (χ3v) is 6.94. The van der Waals surface area contributed by atoms with Gasteiger partial charge in [0.25, 0.3) is 5.56 Å². The molecule has 0 aliphatic carbocycles. The van der Waals surface area contributed by atoms with Crippen molar-refractivity contribution < 1.29 is 4.79 Å². The van der Waals surface area contributed by atoms with Crippen LogP contribution in [-0.2, 0) is 17.0 Å². The number of carbonyl (C=O) groups is 1. The molecule has 1 amide bonds. The predicted octanol–water partition coefficient (Wildman–Crippen LogP) is 4.81. The van der Waals surface area contributed by atoms with E-state index in [4.69, 9.17) is 0 Å². The highest BCUT2D eigenvalue weighted by Crippen LogP contribution is 2.26. The highest BCUT2D eigenvalue weighted by atomic mass is 32.2. The zero-order chi connectivity index (χ0) is 20.3. The number of nitrogens with one attached hydrogen (secondary N) is 2. The zero-order valence-corrected chi connectivity index (χ0v) is 18.2. The molecule has 0 spiro atoms. The molecular weight excluding hydrogens is 390 g/mol. The molecule has 0 aliphatic rings. The molecule has 0 radical (unpaired) electrons. The van der Waals surface area contributed by atoms with Crippen LogP contribution in [0.4, 0.5) is 5.69 Å². The molecule has 0 aliphatic heterocycles. The van der Waals surface area contributed by atoms with Crippen molar-refractivity contribution >= 4 is 44.9 Å². The third kappa shape index (κ3) is 4.64. The first-order valence-electron chi connectivity index (χ1n) is 9.39. The van der Waals surface area contributed by atoms with E-state index in [1.54, 1.807) is 0 Å². The van der Waals surface area contributed by atoms with Gasteiger partial charge in [0.05, 0.1) is 16.4 Å². The Morgan fingerprint density at radius 2 is 2.00 bits per heavy atom. The van der Waals surface area contributed by atoms with Gasteiger partial charge in [-0.05, 0) is 50.5 Å². The van der Waals surface area contributed by atoms with Gasteiger partial charge in [-0.3, -0.25) is 9.59 Å². The molecule has 1 unspecified atom stereocenters. The fraction of sp³-hybridized carbons (Fsp3) is 0.381. The van der Waals surface area contributed by atoms with E-state index < -0.39 is 0 Å². The van der Waals surface area contributed by atoms with E-state index >= 15 is 0 Å². The van der Waals surface area contributed by atoms with Crippen molar-refractivity contribution in [2.45, 2.75) is 51.5 Å². The number of hydrogen-bond acceptors (Lipinski definition) is 5. The zero-order valence-electron chi connectivity index (χ0n) is 16.6. The SMILES string of the molecule is CCCc1ccc(NC(=O)C(C)SCc2nc3sc(C)c(C)c3c(=O)[nH]2)cc1. The number of H-pyrrole nitrogens is 1. The second-order valence-electron chi connectivity index (χ2n) is 6.87. The third-order valence-electron chi connectivity index (χ3n) is 4.69. The Kier molecular flexibility index (Phi) is 6.57. The molecule has 7 heteroatoms. The van der Waals surface area contributed by atoms with Gasteiger partial charge in [0.1, 0.15) is 10.7 Å². The highest BCUT2D eigenvalue weighted by Gasteiger charge is 2.16. The Labute approximate surface area is 173 Å². The van der Waals surface area contributed by atoms with E-state index in [0.717, 1.165) is 33.8 Å². The van der Waals surface area contributed by atoms with Crippen molar-refractivity contribution in [1.29, 1.82) is 0 Å². The molecule has 0 fully saturated rings. The molecule has 28 heavy (non-hydrogen) atoms. The lowest BCUT2D eigenvalue weighted by Crippen LogP contribution is -2.23.